The zero-order valence-electron chi connectivity index (χ0n) is 17.2. The van der Waals surface area contributed by atoms with Crippen LogP contribution in [0.3, 0.4) is 0 Å². The normalized spacial score (nSPS) is 19.2. The molecule has 0 bridgehead atoms. The van der Waals surface area contributed by atoms with Crippen molar-refractivity contribution in [3.05, 3.63) is 41.9 Å². The van der Waals surface area contributed by atoms with Crippen LogP contribution < -0.4 is 4.73 Å². The fourth-order valence-electron chi connectivity index (χ4n) is 3.43. The minimum Gasteiger partial charge on any atom is -0.619 e. The number of nitrogens with zero attached hydrogens (tertiary/aromatic N) is 3. The van der Waals surface area contributed by atoms with Gasteiger partial charge in [0.15, 0.2) is 12.4 Å². The number of benzene rings is 1. The van der Waals surface area contributed by atoms with E-state index in [-0.39, 0.29) is 11.4 Å². The van der Waals surface area contributed by atoms with Crippen LogP contribution in [0, 0.1) is 5.21 Å². The molecule has 1 fully saturated rings. The first-order chi connectivity index (χ1) is 13.5. The predicted octanol–water partition coefficient (Wildman–Crippen LogP) is 2.49. The first-order valence-electron chi connectivity index (χ1n) is 9.60. The number of rotatable bonds is 2. The largest absolute Gasteiger partial charge is 0.619 e. The molecule has 1 aromatic heterocycles. The van der Waals surface area contributed by atoms with Gasteiger partial charge in [0.25, 0.3) is 0 Å². The number of hydrogen-bond acceptors (Lipinski definition) is 5. The van der Waals surface area contributed by atoms with Crippen LogP contribution in [0.5, 0.6) is 0 Å². The highest BCUT2D eigenvalue weighted by Gasteiger charge is 2.34. The maximum atomic E-state index is 13.3. The molecule has 1 amide bonds. The third kappa shape index (κ3) is 4.79. The van der Waals surface area contributed by atoms with Gasteiger partial charge in [0.1, 0.15) is 5.60 Å². The fraction of sp³-hybridized carbons (Fsp3) is 0.500. The number of sulfonamides is 1. The Morgan fingerprint density at radius 3 is 2.62 bits per heavy atom. The molecular weight excluding hydrogens is 394 g/mol. The Morgan fingerprint density at radius 1 is 1.21 bits per heavy atom. The van der Waals surface area contributed by atoms with E-state index in [0.29, 0.717) is 35.0 Å². The highest BCUT2D eigenvalue weighted by atomic mass is 32.2. The van der Waals surface area contributed by atoms with Crippen LogP contribution >= 0.6 is 0 Å². The van der Waals surface area contributed by atoms with Crippen molar-refractivity contribution in [1.29, 1.82) is 0 Å². The number of carbonyl (C=O) groups excluding carboxylic acids is 1. The molecule has 1 aliphatic heterocycles. The molecule has 1 aromatic carbocycles. The second kappa shape index (κ2) is 7.79. The summed E-state index contributed by atoms with van der Waals surface area (Å²) in [6.07, 6.45) is 2.83. The van der Waals surface area contributed by atoms with E-state index in [2.05, 4.69) is 0 Å². The molecule has 3 rings (SSSR count). The maximum Gasteiger partial charge on any atom is 0.410 e. The number of carbonyl (C=O) groups is 1. The van der Waals surface area contributed by atoms with Crippen LogP contribution in [-0.2, 0) is 14.8 Å². The van der Waals surface area contributed by atoms with E-state index in [1.54, 1.807) is 50.8 Å². The molecule has 1 aliphatic rings. The van der Waals surface area contributed by atoms with Gasteiger partial charge in [-0.25, -0.2) is 13.2 Å². The number of aromatic nitrogens is 1. The highest BCUT2D eigenvalue weighted by Crippen LogP contribution is 2.25. The molecule has 0 radical (unpaired) electrons. The van der Waals surface area contributed by atoms with Crippen LogP contribution in [-0.4, -0.2) is 55.0 Å². The second-order valence-electron chi connectivity index (χ2n) is 8.34. The van der Waals surface area contributed by atoms with Crippen molar-refractivity contribution < 1.29 is 22.7 Å². The summed E-state index contributed by atoms with van der Waals surface area (Å²) in [7, 11) is -3.75. The first-order valence-corrected chi connectivity index (χ1v) is 11.0. The van der Waals surface area contributed by atoms with E-state index in [9.17, 15) is 18.4 Å². The summed E-state index contributed by atoms with van der Waals surface area (Å²) in [5.41, 5.74) is -0.605. The average Bonchev–Trinajstić information content (AvgIpc) is 2.82. The topological polar surface area (TPSA) is 93.9 Å². The van der Waals surface area contributed by atoms with Gasteiger partial charge >= 0.3 is 6.09 Å². The molecule has 0 saturated carbocycles. The molecule has 29 heavy (non-hydrogen) atoms. The van der Waals surface area contributed by atoms with E-state index in [0.717, 1.165) is 0 Å². The van der Waals surface area contributed by atoms with Gasteiger partial charge in [0.05, 0.1) is 4.90 Å². The number of fused-ring (bicyclic) bond motifs is 1. The van der Waals surface area contributed by atoms with Crippen molar-refractivity contribution in [1.82, 2.24) is 9.21 Å². The predicted molar refractivity (Wildman–Crippen MR) is 109 cm³/mol. The van der Waals surface area contributed by atoms with E-state index in [1.165, 1.54) is 22.8 Å². The molecule has 8 nitrogen and oxygen atoms in total. The minimum atomic E-state index is -3.75. The van der Waals surface area contributed by atoms with Crippen molar-refractivity contribution in [2.75, 3.05) is 19.6 Å². The summed E-state index contributed by atoms with van der Waals surface area (Å²) in [6.45, 7) is 8.22. The monoisotopic (exact) mass is 421 g/mol. The number of pyridine rings is 1. The summed E-state index contributed by atoms with van der Waals surface area (Å²) in [5.74, 6) is 0. The Morgan fingerprint density at radius 2 is 1.93 bits per heavy atom. The smallest absolute Gasteiger partial charge is 0.410 e. The molecule has 2 aromatic rings. The van der Waals surface area contributed by atoms with Crippen molar-refractivity contribution in [3.8, 4) is 0 Å². The van der Waals surface area contributed by atoms with E-state index >= 15 is 0 Å². The molecule has 1 saturated heterocycles. The number of ether oxygens (including phenoxy) is 1. The Labute approximate surface area is 171 Å². The zero-order chi connectivity index (χ0) is 21.4. The average molecular weight is 422 g/mol. The Balaban J connectivity index is 1.84. The Kier molecular flexibility index (Phi) is 5.73. The quantitative estimate of drug-likeness (QED) is 0.549. The van der Waals surface area contributed by atoms with Gasteiger partial charge in [-0.15, -0.1) is 0 Å². The lowest BCUT2D eigenvalue weighted by atomic mass is 10.2. The standard InChI is InChI=1S/C20H27N3O5S/c1-15-13-21(19(24)28-20(2,3)4)9-5-10-23(15)29(26,27)18-7-6-17-14-22(25)11-8-16(17)12-18/h6-8,11-12,14-15H,5,9-10,13H2,1-4H3. The first kappa shape index (κ1) is 21.3. The zero-order valence-corrected chi connectivity index (χ0v) is 18.0. The third-order valence-electron chi connectivity index (χ3n) is 4.77. The van der Waals surface area contributed by atoms with Gasteiger partial charge in [-0.1, -0.05) is 0 Å². The summed E-state index contributed by atoms with van der Waals surface area (Å²) in [6, 6.07) is 5.92. The van der Waals surface area contributed by atoms with Gasteiger partial charge in [0.2, 0.25) is 10.0 Å². The van der Waals surface area contributed by atoms with Crippen molar-refractivity contribution in [2.45, 2.75) is 50.7 Å². The lowest BCUT2D eigenvalue weighted by molar-refractivity contribution is -0.603. The van der Waals surface area contributed by atoms with Crippen molar-refractivity contribution in [2.24, 2.45) is 0 Å². The molecule has 0 spiro atoms. The van der Waals surface area contributed by atoms with Gasteiger partial charge in [0, 0.05) is 37.1 Å². The molecule has 1 unspecified atom stereocenters. The third-order valence-corrected chi connectivity index (χ3v) is 6.78. The second-order valence-corrected chi connectivity index (χ2v) is 10.2. The number of hydrogen-bond donors (Lipinski definition) is 0. The summed E-state index contributed by atoms with van der Waals surface area (Å²) >= 11 is 0. The van der Waals surface area contributed by atoms with Gasteiger partial charge in [-0.3, -0.25) is 0 Å². The number of amides is 1. The SMILES string of the molecule is CC1CN(C(=O)OC(C)(C)C)CCCN1S(=O)(=O)c1ccc2c[n+]([O-])ccc2c1. The molecule has 158 valence electrons. The van der Waals surface area contributed by atoms with Crippen LogP contribution in [0.25, 0.3) is 10.8 Å². The van der Waals surface area contributed by atoms with Crippen LogP contribution in [0.2, 0.25) is 0 Å². The van der Waals surface area contributed by atoms with Gasteiger partial charge < -0.3 is 14.8 Å². The minimum absolute atomic E-state index is 0.172. The molecule has 0 aliphatic carbocycles. The summed E-state index contributed by atoms with van der Waals surface area (Å²) < 4.78 is 34.1. The highest BCUT2D eigenvalue weighted by molar-refractivity contribution is 7.89. The molecule has 0 N–H and O–H groups in total. The molecule has 9 heteroatoms. The van der Waals surface area contributed by atoms with Crippen LogP contribution in [0.4, 0.5) is 4.79 Å². The molecule has 1 atom stereocenters. The van der Waals surface area contributed by atoms with Crippen molar-refractivity contribution in [3.63, 3.8) is 0 Å². The lowest BCUT2D eigenvalue weighted by Crippen LogP contribution is -2.45. The Hall–Kier alpha value is -2.39. The van der Waals surface area contributed by atoms with E-state index in [1.807, 2.05) is 0 Å². The maximum absolute atomic E-state index is 13.3. The lowest BCUT2D eigenvalue weighted by Gasteiger charge is -2.30. The molecular formula is C20H27N3O5S. The summed E-state index contributed by atoms with van der Waals surface area (Å²) in [4.78, 5) is 14.2. The van der Waals surface area contributed by atoms with Crippen molar-refractivity contribution >= 4 is 26.9 Å². The van der Waals surface area contributed by atoms with Crippen LogP contribution in [0.1, 0.15) is 34.1 Å². The van der Waals surface area contributed by atoms with Gasteiger partial charge in [-0.2, -0.15) is 9.04 Å². The molecule has 2 heterocycles. The van der Waals surface area contributed by atoms with E-state index < -0.39 is 27.8 Å². The Bertz CT molecular complexity index is 1020. The van der Waals surface area contributed by atoms with E-state index in [4.69, 9.17) is 4.74 Å². The fourth-order valence-corrected chi connectivity index (χ4v) is 5.13. The van der Waals surface area contributed by atoms with Crippen LogP contribution in [0.15, 0.2) is 41.6 Å². The van der Waals surface area contributed by atoms with Gasteiger partial charge in [-0.05, 0) is 57.7 Å². The summed E-state index contributed by atoms with van der Waals surface area (Å²) in [5, 5.41) is 12.8.